The summed E-state index contributed by atoms with van der Waals surface area (Å²) in [7, 11) is 0. The lowest BCUT2D eigenvalue weighted by molar-refractivity contribution is -0.554. The van der Waals surface area contributed by atoms with Crippen molar-refractivity contribution in [1.82, 2.24) is 0 Å². The molecule has 0 fully saturated rings. The van der Waals surface area contributed by atoms with Crippen LogP contribution in [-0.4, -0.2) is 50.6 Å². The van der Waals surface area contributed by atoms with Gasteiger partial charge in [-0.15, -0.1) is 0 Å². The molecule has 4 atom stereocenters. The quantitative estimate of drug-likeness (QED) is 0.128. The van der Waals surface area contributed by atoms with Crippen molar-refractivity contribution in [1.29, 1.82) is 0 Å². The Labute approximate surface area is 159 Å². The number of aliphatic hydroxyl groups excluding tert-OH is 2. The van der Waals surface area contributed by atoms with Gasteiger partial charge in [0.25, 0.3) is 0 Å². The van der Waals surface area contributed by atoms with Crippen LogP contribution in [0.4, 0.5) is 0 Å². The monoisotopic (exact) mass is 388 g/mol. The molecule has 156 valence electrons. The van der Waals surface area contributed by atoms with Crippen LogP contribution in [-0.2, 0) is 4.79 Å². The van der Waals surface area contributed by atoms with Crippen LogP contribution in [0, 0.1) is 20.2 Å². The summed E-state index contributed by atoms with van der Waals surface area (Å²) in [5.41, 5.74) is 0. The summed E-state index contributed by atoms with van der Waals surface area (Å²) >= 11 is 0. The minimum Gasteiger partial charge on any atom is -0.386 e. The SMILES string of the molecule is CC/C=C\CC(O)C(CC(O)C(CCCCCCCC=O)[N+](=O)[O-])[N+](=O)[O-]. The summed E-state index contributed by atoms with van der Waals surface area (Å²) < 4.78 is 0. The number of allylic oxidation sites excluding steroid dienone is 1. The van der Waals surface area contributed by atoms with Gasteiger partial charge in [0.05, 0.1) is 6.42 Å². The maximum atomic E-state index is 11.2. The van der Waals surface area contributed by atoms with Crippen LogP contribution in [0.3, 0.4) is 0 Å². The van der Waals surface area contributed by atoms with Gasteiger partial charge in [-0.05, 0) is 25.7 Å². The Bertz CT molecular complexity index is 471. The maximum Gasteiger partial charge on any atom is 0.241 e. The number of nitrogens with zero attached hydrogens (tertiary/aromatic N) is 2. The summed E-state index contributed by atoms with van der Waals surface area (Å²) in [4.78, 5) is 31.4. The van der Waals surface area contributed by atoms with Crippen molar-refractivity contribution < 1.29 is 24.9 Å². The second kappa shape index (κ2) is 15.2. The lowest BCUT2D eigenvalue weighted by Crippen LogP contribution is -2.42. The standard InChI is InChI=1S/C18H32N2O7/c1-2-3-8-12-17(22)16(20(26)27)14-18(23)15(19(24)25)11-9-6-4-5-7-10-13-21/h3,8,13,15-18,22-23H,2,4-7,9-12,14H2,1H3/b8-3-. The van der Waals surface area contributed by atoms with Crippen LogP contribution in [0.25, 0.3) is 0 Å². The maximum absolute atomic E-state index is 11.2. The lowest BCUT2D eigenvalue weighted by Gasteiger charge is -2.20. The topological polar surface area (TPSA) is 144 Å². The van der Waals surface area contributed by atoms with Crippen molar-refractivity contribution in [2.75, 3.05) is 0 Å². The van der Waals surface area contributed by atoms with Crippen molar-refractivity contribution in [2.45, 2.75) is 95.4 Å². The Morgan fingerprint density at radius 2 is 1.48 bits per heavy atom. The van der Waals surface area contributed by atoms with Crippen molar-refractivity contribution in [2.24, 2.45) is 0 Å². The third-order valence-corrected chi connectivity index (χ3v) is 4.51. The summed E-state index contributed by atoms with van der Waals surface area (Å²) in [6.07, 6.45) is 6.19. The number of aliphatic hydroxyl groups is 2. The third-order valence-electron chi connectivity index (χ3n) is 4.51. The van der Waals surface area contributed by atoms with Gasteiger partial charge in [0.1, 0.15) is 18.5 Å². The van der Waals surface area contributed by atoms with E-state index in [1.54, 1.807) is 12.2 Å². The Morgan fingerprint density at radius 1 is 0.889 bits per heavy atom. The van der Waals surface area contributed by atoms with E-state index in [1.165, 1.54) is 0 Å². The van der Waals surface area contributed by atoms with Gasteiger partial charge in [-0.25, -0.2) is 0 Å². The van der Waals surface area contributed by atoms with Crippen molar-refractivity contribution in [3.05, 3.63) is 32.4 Å². The number of rotatable bonds is 17. The highest BCUT2D eigenvalue weighted by molar-refractivity contribution is 5.48. The number of aldehydes is 1. The Hall–Kier alpha value is -1.87. The Morgan fingerprint density at radius 3 is 2.04 bits per heavy atom. The van der Waals surface area contributed by atoms with Gasteiger partial charge in [0.2, 0.25) is 12.1 Å². The number of nitro groups is 2. The van der Waals surface area contributed by atoms with Crippen LogP contribution >= 0.6 is 0 Å². The molecule has 0 radical (unpaired) electrons. The molecular formula is C18H32N2O7. The zero-order valence-corrected chi connectivity index (χ0v) is 15.9. The molecule has 0 saturated heterocycles. The van der Waals surface area contributed by atoms with Gasteiger partial charge >= 0.3 is 0 Å². The molecule has 9 nitrogen and oxygen atoms in total. The molecule has 9 heteroatoms. The fourth-order valence-corrected chi connectivity index (χ4v) is 2.90. The molecule has 0 aromatic rings. The number of hydrogen-bond donors (Lipinski definition) is 2. The average Bonchev–Trinajstić information content (AvgIpc) is 2.61. The van der Waals surface area contributed by atoms with Gasteiger partial charge in [-0.1, -0.05) is 38.3 Å². The first-order valence-corrected chi connectivity index (χ1v) is 9.56. The molecule has 0 aliphatic rings. The molecule has 4 unspecified atom stereocenters. The molecule has 0 aromatic carbocycles. The summed E-state index contributed by atoms with van der Waals surface area (Å²) in [5.74, 6) is 0. The normalized spacial score (nSPS) is 16.0. The van der Waals surface area contributed by atoms with E-state index in [1.807, 2.05) is 6.92 Å². The van der Waals surface area contributed by atoms with Crippen molar-refractivity contribution >= 4 is 6.29 Å². The van der Waals surface area contributed by atoms with Crippen LogP contribution in [0.1, 0.15) is 71.1 Å². The molecule has 0 rings (SSSR count). The predicted molar refractivity (Wildman–Crippen MR) is 101 cm³/mol. The third kappa shape index (κ3) is 11.4. The van der Waals surface area contributed by atoms with E-state index in [2.05, 4.69) is 0 Å². The van der Waals surface area contributed by atoms with E-state index in [0.29, 0.717) is 12.8 Å². The second-order valence-electron chi connectivity index (χ2n) is 6.70. The van der Waals surface area contributed by atoms with Gasteiger partial charge in [0, 0.05) is 22.7 Å². The first kappa shape index (κ1) is 25.1. The molecule has 0 amide bonds. The van der Waals surface area contributed by atoms with Gasteiger partial charge in [0.15, 0.2) is 0 Å². The number of carbonyl (C=O) groups excluding carboxylic acids is 1. The Kier molecular flexibility index (Phi) is 14.2. The highest BCUT2D eigenvalue weighted by atomic mass is 16.6. The molecule has 0 heterocycles. The average molecular weight is 388 g/mol. The highest BCUT2D eigenvalue weighted by Crippen LogP contribution is 2.18. The zero-order chi connectivity index (χ0) is 20.7. The van der Waals surface area contributed by atoms with Crippen LogP contribution < -0.4 is 0 Å². The van der Waals surface area contributed by atoms with E-state index >= 15 is 0 Å². The first-order chi connectivity index (χ1) is 12.8. The molecule has 0 spiro atoms. The summed E-state index contributed by atoms with van der Waals surface area (Å²) in [6.45, 7) is 1.89. The van der Waals surface area contributed by atoms with Crippen molar-refractivity contribution in [3.8, 4) is 0 Å². The van der Waals surface area contributed by atoms with Crippen LogP contribution in [0.15, 0.2) is 12.2 Å². The minimum absolute atomic E-state index is 0.0656. The Balaban J connectivity index is 4.57. The van der Waals surface area contributed by atoms with E-state index < -0.39 is 40.6 Å². The van der Waals surface area contributed by atoms with Gasteiger partial charge in [-0.2, -0.15) is 0 Å². The molecule has 0 aliphatic heterocycles. The minimum atomic E-state index is -1.49. The lowest BCUT2D eigenvalue weighted by atomic mass is 9.94. The van der Waals surface area contributed by atoms with Crippen LogP contribution in [0.5, 0.6) is 0 Å². The predicted octanol–water partition coefficient (Wildman–Crippen LogP) is 2.67. The highest BCUT2D eigenvalue weighted by Gasteiger charge is 2.38. The number of carbonyl (C=O) groups is 1. The molecule has 0 bridgehead atoms. The molecule has 0 saturated carbocycles. The number of unbranched alkanes of at least 4 members (excludes halogenated alkanes) is 5. The summed E-state index contributed by atoms with van der Waals surface area (Å²) in [6, 6.07) is -2.74. The molecule has 2 N–H and O–H groups in total. The zero-order valence-electron chi connectivity index (χ0n) is 15.9. The van der Waals surface area contributed by atoms with Crippen molar-refractivity contribution in [3.63, 3.8) is 0 Å². The van der Waals surface area contributed by atoms with E-state index in [-0.39, 0.29) is 12.8 Å². The van der Waals surface area contributed by atoms with Gasteiger partial charge < -0.3 is 15.0 Å². The molecule has 27 heavy (non-hydrogen) atoms. The molecule has 0 aliphatic carbocycles. The smallest absolute Gasteiger partial charge is 0.241 e. The van der Waals surface area contributed by atoms with E-state index in [9.17, 15) is 35.2 Å². The fraction of sp³-hybridized carbons (Fsp3) is 0.833. The molecular weight excluding hydrogens is 356 g/mol. The number of hydrogen-bond acceptors (Lipinski definition) is 7. The van der Waals surface area contributed by atoms with E-state index in [0.717, 1.165) is 38.4 Å². The summed E-state index contributed by atoms with van der Waals surface area (Å²) in [5, 5.41) is 42.6. The largest absolute Gasteiger partial charge is 0.386 e. The fourth-order valence-electron chi connectivity index (χ4n) is 2.90. The van der Waals surface area contributed by atoms with Gasteiger partial charge in [-0.3, -0.25) is 20.2 Å². The van der Waals surface area contributed by atoms with E-state index in [4.69, 9.17) is 0 Å². The van der Waals surface area contributed by atoms with Crippen LogP contribution in [0.2, 0.25) is 0 Å². The molecule has 0 aromatic heterocycles. The second-order valence-corrected chi connectivity index (χ2v) is 6.70. The first-order valence-electron chi connectivity index (χ1n) is 9.56.